The summed E-state index contributed by atoms with van der Waals surface area (Å²) in [4.78, 5) is 72.6. The van der Waals surface area contributed by atoms with Crippen LogP contribution in [0.5, 0.6) is 0 Å². The van der Waals surface area contributed by atoms with Gasteiger partial charge in [0.05, 0.1) is 32.8 Å². The SMILES string of the molecule is CC/C=C\C/C=C\C/C=C\C/C=C\C/C=C\CCCC(=O)OCC(COP(=O)(O)OCC(O)COP(=O)(O)OCC(COC(=O)C/C=C\C/C=C\C/C=C\C/C=C\C/C=C\CC)OC(=O)CCCCCCC/C=C\CCCCCC)OC(=O)CCCCCCCCCCCCC. The van der Waals surface area contributed by atoms with Crippen molar-refractivity contribution in [2.75, 3.05) is 39.6 Å². The molecule has 0 heterocycles. The topological polar surface area (TPSA) is 237 Å². The number of hydrogen-bond donors (Lipinski definition) is 3. The van der Waals surface area contributed by atoms with Gasteiger partial charge in [-0.05, 0) is 116 Å². The van der Waals surface area contributed by atoms with E-state index in [2.05, 4.69) is 125 Å². The summed E-state index contributed by atoms with van der Waals surface area (Å²) in [6.07, 6.45) is 75.0. The molecule has 0 saturated carbocycles. The van der Waals surface area contributed by atoms with Crippen LogP contribution in [0.4, 0.5) is 0 Å². The van der Waals surface area contributed by atoms with E-state index in [1.54, 1.807) is 6.08 Å². The molecular weight excluding hydrogens is 1260 g/mol. The van der Waals surface area contributed by atoms with Crippen molar-refractivity contribution in [1.29, 1.82) is 0 Å². The first-order chi connectivity index (χ1) is 46.7. The zero-order valence-corrected chi connectivity index (χ0v) is 61.3. The highest BCUT2D eigenvalue weighted by Crippen LogP contribution is 2.45. The van der Waals surface area contributed by atoms with Gasteiger partial charge in [0.1, 0.15) is 19.3 Å². The van der Waals surface area contributed by atoms with Gasteiger partial charge in [-0.2, -0.15) is 0 Å². The number of phosphoric acid groups is 2. The number of aliphatic hydroxyl groups is 1. The van der Waals surface area contributed by atoms with Crippen molar-refractivity contribution in [3.8, 4) is 0 Å². The van der Waals surface area contributed by atoms with Crippen molar-refractivity contribution < 1.29 is 80.2 Å². The molecule has 0 aliphatic carbocycles. The predicted octanol–water partition coefficient (Wildman–Crippen LogP) is 20.5. The Labute approximate surface area is 580 Å². The molecule has 548 valence electrons. The molecule has 0 aliphatic rings. The Morgan fingerprint density at radius 3 is 0.979 bits per heavy atom. The fourth-order valence-corrected chi connectivity index (χ4v) is 10.7. The van der Waals surface area contributed by atoms with E-state index in [0.29, 0.717) is 32.1 Å². The van der Waals surface area contributed by atoms with Gasteiger partial charge in [0, 0.05) is 19.3 Å². The van der Waals surface area contributed by atoms with Crippen molar-refractivity contribution in [2.24, 2.45) is 0 Å². The van der Waals surface area contributed by atoms with E-state index in [1.807, 2.05) is 30.4 Å². The highest BCUT2D eigenvalue weighted by atomic mass is 31.2. The Balaban J connectivity index is 5.44. The number of hydrogen-bond acceptors (Lipinski definition) is 15. The van der Waals surface area contributed by atoms with Gasteiger partial charge in [0.15, 0.2) is 12.2 Å². The Hall–Kier alpha value is -4.80. The van der Waals surface area contributed by atoms with Crippen LogP contribution in [0.25, 0.3) is 0 Å². The van der Waals surface area contributed by atoms with Gasteiger partial charge in [-0.15, -0.1) is 0 Å². The van der Waals surface area contributed by atoms with Crippen LogP contribution in [0, 0.1) is 0 Å². The molecule has 0 bridgehead atoms. The lowest BCUT2D eigenvalue weighted by atomic mass is 10.1. The van der Waals surface area contributed by atoms with Gasteiger partial charge in [-0.1, -0.05) is 264 Å². The molecule has 0 spiro atoms. The third-order valence-corrected chi connectivity index (χ3v) is 16.5. The molecule has 0 aromatic rings. The number of ether oxygens (including phenoxy) is 4. The van der Waals surface area contributed by atoms with Crippen molar-refractivity contribution >= 4 is 39.5 Å². The number of allylic oxidation sites excluding steroid dienone is 21. The molecule has 0 aliphatic heterocycles. The molecule has 5 atom stereocenters. The monoisotopic (exact) mass is 1390 g/mol. The Morgan fingerprint density at radius 2 is 0.594 bits per heavy atom. The molecule has 0 radical (unpaired) electrons. The summed E-state index contributed by atoms with van der Waals surface area (Å²) in [5, 5.41) is 10.6. The maximum atomic E-state index is 13.0. The largest absolute Gasteiger partial charge is 0.472 e. The normalized spacial score (nSPS) is 14.8. The molecule has 96 heavy (non-hydrogen) atoms. The van der Waals surface area contributed by atoms with E-state index in [-0.39, 0.29) is 25.7 Å². The van der Waals surface area contributed by atoms with Gasteiger partial charge < -0.3 is 33.8 Å². The fraction of sp³-hybridized carbons (Fsp3) is 0.662. The minimum atomic E-state index is -5.00. The quantitative estimate of drug-likeness (QED) is 0.0169. The smallest absolute Gasteiger partial charge is 0.462 e. The van der Waals surface area contributed by atoms with E-state index in [9.17, 15) is 43.2 Å². The van der Waals surface area contributed by atoms with Gasteiger partial charge in [0.25, 0.3) is 0 Å². The second-order valence-corrected chi connectivity index (χ2v) is 26.7. The molecule has 3 N–H and O–H groups in total. The van der Waals surface area contributed by atoms with Crippen molar-refractivity contribution in [3.63, 3.8) is 0 Å². The molecule has 17 nitrogen and oxygen atoms in total. The van der Waals surface area contributed by atoms with Crippen LogP contribution >= 0.6 is 15.6 Å². The Morgan fingerprint density at radius 1 is 0.312 bits per heavy atom. The van der Waals surface area contributed by atoms with Crippen molar-refractivity contribution in [1.82, 2.24) is 0 Å². The first-order valence-electron chi connectivity index (χ1n) is 36.4. The average molecular weight is 1390 g/mol. The summed E-state index contributed by atoms with van der Waals surface area (Å²) < 4.78 is 68.1. The standard InChI is InChI=1S/C77H128O17P2/c1-5-9-13-17-21-25-29-32-34-35-37-40-43-46-50-54-58-62-75(80)87-67-72(93-76(81)63-59-55-51-47-41-28-24-20-16-12-8-4)69-91-95(83,84)89-65-71(78)66-90-96(85,86)92-70-73(94-77(82)64-60-56-52-48-44-38-31-27-23-19-15-11-7-3)68-88-74(79)61-57-53-49-45-42-39-36-33-30-26-22-18-14-10-6-2/h9-10,13-14,21-22,25-27,31-34,36-37,40,42,45-46,50,53,57,71-73,78H,5-8,11-12,15-20,23-24,28-30,35,38-39,41,43-44,47-49,51-52,54-56,58-70H2,1-4H3,(H,83,84)(H,85,86)/b13-9-,14-10-,25-21-,26-22-,31-27-,34-32-,36-33-,40-37-,45-42-,50-46-,57-53-. The van der Waals surface area contributed by atoms with Gasteiger partial charge in [0.2, 0.25) is 0 Å². The average Bonchev–Trinajstić information content (AvgIpc) is 1.13. The third kappa shape index (κ3) is 67.8. The fourth-order valence-electron chi connectivity index (χ4n) is 9.15. The van der Waals surface area contributed by atoms with E-state index in [4.69, 9.17) is 37.0 Å². The van der Waals surface area contributed by atoms with Crippen LogP contribution in [-0.2, 0) is 65.4 Å². The number of esters is 4. The lowest BCUT2D eigenvalue weighted by Gasteiger charge is -2.21. The lowest BCUT2D eigenvalue weighted by Crippen LogP contribution is -2.30. The van der Waals surface area contributed by atoms with Crippen LogP contribution in [0.15, 0.2) is 134 Å². The number of unbranched alkanes of at least 4 members (excludes halogenated alkanes) is 20. The molecule has 0 aromatic heterocycles. The molecule has 0 saturated heterocycles. The van der Waals surface area contributed by atoms with Crippen LogP contribution in [0.2, 0.25) is 0 Å². The molecule has 5 unspecified atom stereocenters. The zero-order valence-electron chi connectivity index (χ0n) is 59.5. The summed E-state index contributed by atoms with van der Waals surface area (Å²) in [7, 11) is -9.99. The first kappa shape index (κ1) is 91.2. The molecule has 19 heteroatoms. The first-order valence-corrected chi connectivity index (χ1v) is 39.4. The second-order valence-electron chi connectivity index (χ2n) is 23.8. The summed E-state index contributed by atoms with van der Waals surface area (Å²) >= 11 is 0. The molecular formula is C77H128O17P2. The lowest BCUT2D eigenvalue weighted by molar-refractivity contribution is -0.161. The number of carbonyl (C=O) groups is 4. The van der Waals surface area contributed by atoms with E-state index >= 15 is 0 Å². The minimum Gasteiger partial charge on any atom is -0.462 e. The number of rotatable bonds is 67. The third-order valence-electron chi connectivity index (χ3n) is 14.6. The molecule has 0 rings (SSSR count). The molecule has 0 aromatic carbocycles. The van der Waals surface area contributed by atoms with Crippen LogP contribution < -0.4 is 0 Å². The maximum absolute atomic E-state index is 13.0. The van der Waals surface area contributed by atoms with E-state index < -0.39 is 97.5 Å². The highest BCUT2D eigenvalue weighted by Gasteiger charge is 2.30. The summed E-state index contributed by atoms with van der Waals surface area (Å²) in [6.45, 7) is 4.41. The summed E-state index contributed by atoms with van der Waals surface area (Å²) in [5.41, 5.74) is 0. The van der Waals surface area contributed by atoms with Crippen LogP contribution in [0.1, 0.15) is 272 Å². The van der Waals surface area contributed by atoms with Gasteiger partial charge >= 0.3 is 39.5 Å². The number of aliphatic hydroxyl groups excluding tert-OH is 1. The zero-order chi connectivity index (χ0) is 70.4. The minimum absolute atomic E-state index is 0.0618. The predicted molar refractivity (Wildman–Crippen MR) is 390 cm³/mol. The maximum Gasteiger partial charge on any atom is 0.472 e. The van der Waals surface area contributed by atoms with Crippen molar-refractivity contribution in [2.45, 2.75) is 290 Å². The van der Waals surface area contributed by atoms with E-state index in [1.165, 1.54) is 64.2 Å². The van der Waals surface area contributed by atoms with Crippen molar-refractivity contribution in [3.05, 3.63) is 134 Å². The van der Waals surface area contributed by atoms with Crippen LogP contribution in [-0.4, -0.2) is 96.7 Å². The van der Waals surface area contributed by atoms with Gasteiger partial charge in [-0.3, -0.25) is 37.3 Å². The Bertz CT molecular complexity index is 2350. The molecule has 0 fully saturated rings. The summed E-state index contributed by atoms with van der Waals surface area (Å²) in [6, 6.07) is 0. The second kappa shape index (κ2) is 68.7. The number of phosphoric ester groups is 2. The van der Waals surface area contributed by atoms with Gasteiger partial charge in [-0.25, -0.2) is 9.13 Å². The van der Waals surface area contributed by atoms with Crippen LogP contribution in [0.3, 0.4) is 0 Å². The summed E-state index contributed by atoms with van der Waals surface area (Å²) in [5.74, 6) is -2.40. The molecule has 0 amide bonds. The van der Waals surface area contributed by atoms with E-state index in [0.717, 1.165) is 122 Å². The number of carbonyl (C=O) groups excluding carboxylic acids is 4. The Kier molecular flexibility index (Phi) is 65.3. The highest BCUT2D eigenvalue weighted by molar-refractivity contribution is 7.47.